The highest BCUT2D eigenvalue weighted by Gasteiger charge is 2.06. The van der Waals surface area contributed by atoms with Crippen LogP contribution in [0.2, 0.25) is 0 Å². The Bertz CT molecular complexity index is 534. The Morgan fingerprint density at radius 2 is 2.29 bits per heavy atom. The Hall–Kier alpha value is -2.21. The van der Waals surface area contributed by atoms with Gasteiger partial charge >= 0.3 is 0 Å². The van der Waals surface area contributed by atoms with Gasteiger partial charge in [0, 0.05) is 11.9 Å². The zero-order chi connectivity index (χ0) is 12.3. The number of aromatic nitrogens is 3. The van der Waals surface area contributed by atoms with Gasteiger partial charge in [0.2, 0.25) is 0 Å². The van der Waals surface area contributed by atoms with Gasteiger partial charge in [0.15, 0.2) is 0 Å². The van der Waals surface area contributed by atoms with Crippen molar-refractivity contribution >= 4 is 5.91 Å². The fourth-order valence-electron chi connectivity index (χ4n) is 1.49. The number of carbonyl (C=O) groups excluding carboxylic acids is 1. The molecule has 88 valence electrons. The van der Waals surface area contributed by atoms with E-state index >= 15 is 0 Å². The van der Waals surface area contributed by atoms with Crippen molar-refractivity contribution in [3.05, 3.63) is 47.5 Å². The fraction of sp³-hybridized carbons (Fsp3) is 0.182. The highest BCUT2D eigenvalue weighted by Crippen LogP contribution is 2.04. The Kier molecular flexibility index (Phi) is 3.15. The van der Waals surface area contributed by atoms with Crippen LogP contribution in [0.1, 0.15) is 21.9 Å². The number of hydrogen-bond donors (Lipinski definition) is 2. The average Bonchev–Trinajstić information content (AvgIpc) is 2.74. The van der Waals surface area contributed by atoms with Gasteiger partial charge in [0.05, 0.1) is 12.2 Å². The molecule has 17 heavy (non-hydrogen) atoms. The summed E-state index contributed by atoms with van der Waals surface area (Å²) in [5.74, 6) is 4.66. The number of carbonyl (C=O) groups is 1. The zero-order valence-electron chi connectivity index (χ0n) is 9.42. The van der Waals surface area contributed by atoms with Gasteiger partial charge in [-0.1, -0.05) is 6.07 Å². The van der Waals surface area contributed by atoms with E-state index in [1.54, 1.807) is 18.3 Å². The van der Waals surface area contributed by atoms with Gasteiger partial charge < -0.3 is 0 Å². The van der Waals surface area contributed by atoms with E-state index in [0.717, 1.165) is 11.4 Å². The summed E-state index contributed by atoms with van der Waals surface area (Å²) in [4.78, 5) is 15.5. The van der Waals surface area contributed by atoms with Gasteiger partial charge in [0.1, 0.15) is 5.69 Å². The fourth-order valence-corrected chi connectivity index (χ4v) is 1.49. The summed E-state index contributed by atoms with van der Waals surface area (Å²) in [5, 5.41) is 4.16. The van der Waals surface area contributed by atoms with Crippen molar-refractivity contribution in [2.45, 2.75) is 13.5 Å². The molecule has 0 aliphatic carbocycles. The maximum atomic E-state index is 11.3. The first-order valence-corrected chi connectivity index (χ1v) is 5.16. The van der Waals surface area contributed by atoms with Crippen LogP contribution in [-0.4, -0.2) is 20.7 Å². The lowest BCUT2D eigenvalue weighted by molar-refractivity contribution is 0.0948. The minimum absolute atomic E-state index is 0.301. The molecule has 0 saturated heterocycles. The second-order valence-corrected chi connectivity index (χ2v) is 3.62. The van der Waals surface area contributed by atoms with Crippen LogP contribution in [0.4, 0.5) is 0 Å². The number of nitrogens with zero attached hydrogens (tertiary/aromatic N) is 3. The van der Waals surface area contributed by atoms with Gasteiger partial charge in [-0.05, 0) is 25.1 Å². The standard InChI is InChI=1S/C11H13N5O/c1-8-5-6-13-16(8)7-9-3-2-4-10(14-9)11(17)15-12/h2-6H,7,12H2,1H3,(H,15,17). The first-order chi connectivity index (χ1) is 8.20. The van der Waals surface area contributed by atoms with Gasteiger partial charge in [-0.3, -0.25) is 14.9 Å². The van der Waals surface area contributed by atoms with Gasteiger partial charge in [0.25, 0.3) is 5.91 Å². The predicted molar refractivity (Wildman–Crippen MR) is 62.0 cm³/mol. The number of nitrogen functional groups attached to an aromatic ring is 1. The molecular weight excluding hydrogens is 218 g/mol. The third-order valence-corrected chi connectivity index (χ3v) is 2.41. The summed E-state index contributed by atoms with van der Waals surface area (Å²) in [6.45, 7) is 2.49. The molecule has 0 spiro atoms. The summed E-state index contributed by atoms with van der Waals surface area (Å²) in [6, 6.07) is 7.14. The van der Waals surface area contributed by atoms with Crippen molar-refractivity contribution in [1.82, 2.24) is 20.2 Å². The minimum Gasteiger partial charge on any atom is -0.289 e. The van der Waals surface area contributed by atoms with E-state index in [9.17, 15) is 4.79 Å². The van der Waals surface area contributed by atoms with Crippen LogP contribution >= 0.6 is 0 Å². The van der Waals surface area contributed by atoms with E-state index < -0.39 is 5.91 Å². The summed E-state index contributed by atoms with van der Waals surface area (Å²) in [7, 11) is 0. The molecule has 0 atom stereocenters. The molecule has 0 aromatic carbocycles. The van der Waals surface area contributed by atoms with Crippen molar-refractivity contribution in [1.29, 1.82) is 0 Å². The summed E-state index contributed by atoms with van der Waals surface area (Å²) in [6.07, 6.45) is 1.73. The van der Waals surface area contributed by atoms with Crippen LogP contribution in [0.15, 0.2) is 30.5 Å². The number of pyridine rings is 1. The summed E-state index contributed by atoms with van der Waals surface area (Å²) >= 11 is 0. The molecule has 2 aromatic rings. The predicted octanol–water partition coefficient (Wildman–Crippen LogP) is 0.238. The van der Waals surface area contributed by atoms with Crippen molar-refractivity contribution in [2.24, 2.45) is 5.84 Å². The van der Waals surface area contributed by atoms with Crippen molar-refractivity contribution in [3.8, 4) is 0 Å². The van der Waals surface area contributed by atoms with Crippen LogP contribution in [0.25, 0.3) is 0 Å². The Balaban J connectivity index is 2.22. The summed E-state index contributed by atoms with van der Waals surface area (Å²) < 4.78 is 1.81. The van der Waals surface area contributed by atoms with Gasteiger partial charge in [-0.25, -0.2) is 10.8 Å². The van der Waals surface area contributed by atoms with Gasteiger partial charge in [-0.15, -0.1) is 0 Å². The molecule has 2 rings (SSSR count). The van der Waals surface area contributed by atoms with Crippen LogP contribution in [0, 0.1) is 6.92 Å². The highest BCUT2D eigenvalue weighted by atomic mass is 16.2. The molecule has 1 amide bonds. The lowest BCUT2D eigenvalue weighted by atomic mass is 10.3. The molecule has 0 radical (unpaired) electrons. The first kappa shape index (κ1) is 11.3. The zero-order valence-corrected chi connectivity index (χ0v) is 9.42. The molecule has 0 unspecified atom stereocenters. The number of aryl methyl sites for hydroxylation is 1. The monoisotopic (exact) mass is 231 g/mol. The van der Waals surface area contributed by atoms with E-state index in [1.165, 1.54) is 0 Å². The van der Waals surface area contributed by atoms with Crippen molar-refractivity contribution < 1.29 is 4.79 Å². The Morgan fingerprint density at radius 3 is 2.94 bits per heavy atom. The second kappa shape index (κ2) is 4.75. The minimum atomic E-state index is -0.399. The van der Waals surface area contributed by atoms with Gasteiger partial charge in [-0.2, -0.15) is 5.10 Å². The molecule has 2 heterocycles. The molecule has 0 saturated carbocycles. The largest absolute Gasteiger partial charge is 0.289 e. The molecule has 0 bridgehead atoms. The van der Waals surface area contributed by atoms with Crippen molar-refractivity contribution in [3.63, 3.8) is 0 Å². The smallest absolute Gasteiger partial charge is 0.283 e. The van der Waals surface area contributed by atoms with Crippen LogP contribution in [0.5, 0.6) is 0 Å². The van der Waals surface area contributed by atoms with E-state index in [2.05, 4.69) is 15.5 Å². The lowest BCUT2D eigenvalue weighted by Gasteiger charge is -2.05. The molecule has 0 aliphatic rings. The topological polar surface area (TPSA) is 85.8 Å². The Morgan fingerprint density at radius 1 is 1.47 bits per heavy atom. The maximum absolute atomic E-state index is 11.3. The molecule has 0 aliphatic heterocycles. The van der Waals surface area contributed by atoms with E-state index in [4.69, 9.17) is 5.84 Å². The SMILES string of the molecule is Cc1ccnn1Cc1cccc(C(=O)NN)n1. The summed E-state index contributed by atoms with van der Waals surface area (Å²) in [5.41, 5.74) is 4.16. The number of rotatable bonds is 3. The number of hydrogen-bond acceptors (Lipinski definition) is 4. The third kappa shape index (κ3) is 2.48. The number of nitrogens with one attached hydrogen (secondary N) is 1. The normalized spacial score (nSPS) is 10.2. The molecule has 6 heteroatoms. The van der Waals surface area contributed by atoms with Crippen molar-refractivity contribution in [2.75, 3.05) is 0 Å². The third-order valence-electron chi connectivity index (χ3n) is 2.41. The molecule has 3 N–H and O–H groups in total. The molecular formula is C11H13N5O. The molecule has 2 aromatic heterocycles. The number of amides is 1. The second-order valence-electron chi connectivity index (χ2n) is 3.62. The van der Waals surface area contributed by atoms with E-state index in [-0.39, 0.29) is 0 Å². The van der Waals surface area contributed by atoms with E-state index in [0.29, 0.717) is 12.2 Å². The maximum Gasteiger partial charge on any atom is 0.283 e. The lowest BCUT2D eigenvalue weighted by Crippen LogP contribution is -2.30. The molecule has 6 nitrogen and oxygen atoms in total. The quantitative estimate of drug-likeness (QED) is 0.450. The van der Waals surface area contributed by atoms with Crippen LogP contribution in [0.3, 0.4) is 0 Å². The van der Waals surface area contributed by atoms with E-state index in [1.807, 2.05) is 23.7 Å². The first-order valence-electron chi connectivity index (χ1n) is 5.16. The van der Waals surface area contributed by atoms with Crippen LogP contribution < -0.4 is 11.3 Å². The highest BCUT2D eigenvalue weighted by molar-refractivity contribution is 5.91. The average molecular weight is 231 g/mol. The number of hydrazine groups is 1. The Labute approximate surface area is 98.4 Å². The van der Waals surface area contributed by atoms with Crippen LogP contribution in [-0.2, 0) is 6.54 Å². The molecule has 0 fully saturated rings. The number of nitrogens with two attached hydrogens (primary N) is 1.